The molecule has 28 heavy (non-hydrogen) atoms. The van der Waals surface area contributed by atoms with Crippen LogP contribution in [0.2, 0.25) is 0 Å². The number of hydrogen-bond acceptors (Lipinski definition) is 6. The van der Waals surface area contributed by atoms with Gasteiger partial charge in [-0.15, -0.1) is 0 Å². The van der Waals surface area contributed by atoms with Crippen LogP contribution in [-0.4, -0.2) is 45.1 Å². The largest absolute Gasteiger partial charge is 0.352 e. The second-order valence-corrected chi connectivity index (χ2v) is 7.02. The van der Waals surface area contributed by atoms with Crippen LogP contribution >= 0.6 is 0 Å². The predicted molar refractivity (Wildman–Crippen MR) is 104 cm³/mol. The summed E-state index contributed by atoms with van der Waals surface area (Å²) in [5.74, 6) is 1.01. The standard InChI is InChI=1S/C21H23N5O2/c27-19(6-7-20-24-21(25-28-20)17-8-11-22-12-9-17)23-18-10-13-26(15-18)14-16-4-2-1-3-5-16/h1-5,8-9,11-12,18H,6-7,10,13-15H2,(H,23,27)/t18-/m0/s1. The molecule has 1 aromatic carbocycles. The summed E-state index contributed by atoms with van der Waals surface area (Å²) in [4.78, 5) is 23.0. The number of likely N-dealkylation sites (tertiary alicyclic amines) is 1. The highest BCUT2D eigenvalue weighted by Gasteiger charge is 2.24. The van der Waals surface area contributed by atoms with Gasteiger partial charge in [-0.1, -0.05) is 35.5 Å². The van der Waals surface area contributed by atoms with E-state index in [0.29, 0.717) is 24.6 Å². The normalized spacial score (nSPS) is 16.9. The maximum absolute atomic E-state index is 12.3. The van der Waals surface area contributed by atoms with Gasteiger partial charge in [0.15, 0.2) is 0 Å². The zero-order valence-corrected chi connectivity index (χ0v) is 15.6. The highest BCUT2D eigenvalue weighted by Crippen LogP contribution is 2.16. The zero-order valence-electron chi connectivity index (χ0n) is 15.6. The summed E-state index contributed by atoms with van der Waals surface area (Å²) < 4.78 is 5.25. The third-order valence-corrected chi connectivity index (χ3v) is 4.86. The van der Waals surface area contributed by atoms with Crippen molar-refractivity contribution in [2.24, 2.45) is 0 Å². The number of pyridine rings is 1. The Bertz CT molecular complexity index is 897. The molecule has 0 saturated carbocycles. The molecule has 4 rings (SSSR count). The summed E-state index contributed by atoms with van der Waals surface area (Å²) >= 11 is 0. The first-order valence-corrected chi connectivity index (χ1v) is 9.55. The fourth-order valence-corrected chi connectivity index (χ4v) is 3.43. The minimum absolute atomic E-state index is 0.0234. The van der Waals surface area contributed by atoms with E-state index in [1.54, 1.807) is 12.4 Å². The molecule has 0 radical (unpaired) electrons. The first kappa shape index (κ1) is 18.3. The lowest BCUT2D eigenvalue weighted by atomic mass is 10.2. The van der Waals surface area contributed by atoms with Crippen molar-refractivity contribution in [3.8, 4) is 11.4 Å². The van der Waals surface area contributed by atoms with E-state index in [4.69, 9.17) is 4.52 Å². The fraction of sp³-hybridized carbons (Fsp3) is 0.333. The van der Waals surface area contributed by atoms with E-state index in [1.807, 2.05) is 18.2 Å². The van der Waals surface area contributed by atoms with E-state index >= 15 is 0 Å². The topological polar surface area (TPSA) is 84.1 Å². The van der Waals surface area contributed by atoms with E-state index < -0.39 is 0 Å². The van der Waals surface area contributed by atoms with Gasteiger partial charge < -0.3 is 9.84 Å². The number of hydrogen-bond donors (Lipinski definition) is 1. The van der Waals surface area contributed by atoms with Crippen LogP contribution in [0.25, 0.3) is 11.4 Å². The quantitative estimate of drug-likeness (QED) is 0.681. The molecular weight excluding hydrogens is 354 g/mol. The highest BCUT2D eigenvalue weighted by molar-refractivity contribution is 5.76. The number of rotatable bonds is 7. The minimum Gasteiger partial charge on any atom is -0.352 e. The van der Waals surface area contributed by atoms with Crippen molar-refractivity contribution in [1.82, 2.24) is 25.3 Å². The van der Waals surface area contributed by atoms with Crippen molar-refractivity contribution >= 4 is 5.91 Å². The van der Waals surface area contributed by atoms with Crippen LogP contribution in [0.1, 0.15) is 24.3 Å². The van der Waals surface area contributed by atoms with E-state index in [-0.39, 0.29) is 11.9 Å². The number of aromatic nitrogens is 3. The molecule has 1 aliphatic heterocycles. The average molecular weight is 377 g/mol. The molecule has 0 aliphatic carbocycles. The minimum atomic E-state index is 0.0234. The summed E-state index contributed by atoms with van der Waals surface area (Å²) in [7, 11) is 0. The van der Waals surface area contributed by atoms with Crippen molar-refractivity contribution in [3.63, 3.8) is 0 Å². The van der Waals surface area contributed by atoms with Crippen LogP contribution < -0.4 is 5.32 Å². The summed E-state index contributed by atoms with van der Waals surface area (Å²) in [6.07, 6.45) is 5.12. The van der Waals surface area contributed by atoms with Gasteiger partial charge in [-0.05, 0) is 24.1 Å². The van der Waals surface area contributed by atoms with Gasteiger partial charge in [0, 0.05) is 56.5 Å². The Morgan fingerprint density at radius 1 is 1.18 bits per heavy atom. The van der Waals surface area contributed by atoms with Crippen molar-refractivity contribution < 1.29 is 9.32 Å². The van der Waals surface area contributed by atoms with Crippen molar-refractivity contribution in [2.45, 2.75) is 31.8 Å². The fourth-order valence-electron chi connectivity index (χ4n) is 3.43. The Morgan fingerprint density at radius 3 is 2.82 bits per heavy atom. The summed E-state index contributed by atoms with van der Waals surface area (Å²) in [6.45, 7) is 2.80. The molecular formula is C21H23N5O2. The first-order chi connectivity index (χ1) is 13.8. The smallest absolute Gasteiger partial charge is 0.227 e. The maximum Gasteiger partial charge on any atom is 0.227 e. The van der Waals surface area contributed by atoms with Gasteiger partial charge in [-0.25, -0.2) is 0 Å². The van der Waals surface area contributed by atoms with E-state index in [9.17, 15) is 4.79 Å². The third-order valence-electron chi connectivity index (χ3n) is 4.86. The lowest BCUT2D eigenvalue weighted by molar-refractivity contribution is -0.121. The van der Waals surface area contributed by atoms with Crippen LogP contribution in [0, 0.1) is 0 Å². The SMILES string of the molecule is O=C(CCc1nc(-c2ccncc2)no1)N[C@H]1CCN(Cc2ccccc2)C1. The molecule has 1 fully saturated rings. The molecule has 3 aromatic rings. The molecule has 1 N–H and O–H groups in total. The molecule has 1 aliphatic rings. The zero-order chi connectivity index (χ0) is 19.2. The van der Waals surface area contributed by atoms with Gasteiger partial charge in [-0.3, -0.25) is 14.7 Å². The van der Waals surface area contributed by atoms with Gasteiger partial charge >= 0.3 is 0 Å². The van der Waals surface area contributed by atoms with Gasteiger partial charge in [-0.2, -0.15) is 4.98 Å². The average Bonchev–Trinajstić information content (AvgIpc) is 3.38. The number of nitrogens with one attached hydrogen (secondary N) is 1. The summed E-state index contributed by atoms with van der Waals surface area (Å²) in [5, 5.41) is 7.09. The molecule has 3 heterocycles. The molecule has 1 amide bonds. The highest BCUT2D eigenvalue weighted by atomic mass is 16.5. The van der Waals surface area contributed by atoms with Crippen LogP contribution in [-0.2, 0) is 17.8 Å². The number of carbonyl (C=O) groups excluding carboxylic acids is 1. The number of benzene rings is 1. The van der Waals surface area contributed by atoms with Crippen LogP contribution in [0.3, 0.4) is 0 Å². The lowest BCUT2D eigenvalue weighted by Crippen LogP contribution is -2.37. The monoisotopic (exact) mass is 377 g/mol. The van der Waals surface area contributed by atoms with Crippen molar-refractivity contribution in [2.75, 3.05) is 13.1 Å². The molecule has 0 spiro atoms. The van der Waals surface area contributed by atoms with Gasteiger partial charge in [0.1, 0.15) is 0 Å². The van der Waals surface area contributed by atoms with Gasteiger partial charge in [0.25, 0.3) is 0 Å². The van der Waals surface area contributed by atoms with Gasteiger partial charge in [0.05, 0.1) is 0 Å². The summed E-state index contributed by atoms with van der Waals surface area (Å²) in [6, 6.07) is 14.3. The first-order valence-electron chi connectivity index (χ1n) is 9.55. The van der Waals surface area contributed by atoms with Crippen LogP contribution in [0.5, 0.6) is 0 Å². The Hall–Kier alpha value is -3.06. The Labute approximate surface area is 163 Å². The Kier molecular flexibility index (Phi) is 5.72. The van der Waals surface area contributed by atoms with E-state index in [1.165, 1.54) is 5.56 Å². The molecule has 0 bridgehead atoms. The predicted octanol–water partition coefficient (Wildman–Crippen LogP) is 2.45. The molecule has 0 unspecified atom stereocenters. The van der Waals surface area contributed by atoms with Crippen LogP contribution in [0.15, 0.2) is 59.4 Å². The molecule has 7 nitrogen and oxygen atoms in total. The number of carbonyl (C=O) groups is 1. The van der Waals surface area contributed by atoms with Crippen molar-refractivity contribution in [3.05, 3.63) is 66.3 Å². The lowest BCUT2D eigenvalue weighted by Gasteiger charge is -2.16. The van der Waals surface area contributed by atoms with Crippen molar-refractivity contribution in [1.29, 1.82) is 0 Å². The van der Waals surface area contributed by atoms with E-state index in [0.717, 1.165) is 31.6 Å². The Morgan fingerprint density at radius 2 is 2.00 bits per heavy atom. The molecule has 1 atom stereocenters. The maximum atomic E-state index is 12.3. The molecule has 2 aromatic heterocycles. The summed E-state index contributed by atoms with van der Waals surface area (Å²) in [5.41, 5.74) is 2.15. The van der Waals surface area contributed by atoms with E-state index in [2.05, 4.69) is 49.6 Å². The number of aryl methyl sites for hydroxylation is 1. The third kappa shape index (κ3) is 4.80. The Balaban J connectivity index is 1.22. The molecule has 144 valence electrons. The van der Waals surface area contributed by atoms with Gasteiger partial charge in [0.2, 0.25) is 17.6 Å². The number of nitrogens with zero attached hydrogens (tertiary/aromatic N) is 4. The number of amides is 1. The molecule has 7 heteroatoms. The second-order valence-electron chi connectivity index (χ2n) is 7.02. The molecule has 1 saturated heterocycles. The second kappa shape index (κ2) is 8.75. The van der Waals surface area contributed by atoms with Crippen LogP contribution in [0.4, 0.5) is 0 Å².